The van der Waals surface area contributed by atoms with E-state index in [0.29, 0.717) is 4.31 Å². The maximum absolute atomic E-state index is 13.5. The van der Waals surface area contributed by atoms with Gasteiger partial charge >= 0.3 is 0 Å². The van der Waals surface area contributed by atoms with Gasteiger partial charge in [0.2, 0.25) is 15.9 Å². The highest BCUT2D eigenvalue weighted by atomic mass is 32.2. The van der Waals surface area contributed by atoms with Crippen LogP contribution in [-0.2, 0) is 14.8 Å². The van der Waals surface area contributed by atoms with Crippen LogP contribution in [0.5, 0.6) is 0 Å². The van der Waals surface area contributed by atoms with Crippen molar-refractivity contribution < 1.29 is 26.9 Å². The molecule has 1 amide bonds. The van der Waals surface area contributed by atoms with Crippen molar-refractivity contribution in [3.8, 4) is 0 Å². The van der Waals surface area contributed by atoms with Gasteiger partial charge in [0.05, 0.1) is 16.4 Å². The third-order valence-electron chi connectivity index (χ3n) is 3.33. The molecule has 2 aromatic carbocycles. The normalized spacial score (nSPS) is 11.4. The number of carbonyl (C=O) groups is 1. The summed E-state index contributed by atoms with van der Waals surface area (Å²) in [6.07, 6.45) is 0. The number of para-hydroxylation sites is 1. The third kappa shape index (κ3) is 4.18. The molecule has 8 nitrogen and oxygen atoms in total. The van der Waals surface area contributed by atoms with Gasteiger partial charge in [-0.1, -0.05) is 12.1 Å². The number of anilines is 1. The number of nitro groups is 1. The summed E-state index contributed by atoms with van der Waals surface area (Å²) < 4.78 is 52.5. The Kier molecular flexibility index (Phi) is 5.63. The second kappa shape index (κ2) is 7.54. The number of rotatable bonds is 6. The molecule has 0 spiro atoms. The lowest BCUT2D eigenvalue weighted by atomic mass is 10.3. The van der Waals surface area contributed by atoms with E-state index in [1.165, 1.54) is 6.07 Å². The number of carbonyl (C=O) groups excluding carboxylic acids is 1. The molecular weight excluding hydrogens is 372 g/mol. The van der Waals surface area contributed by atoms with Crippen LogP contribution < -0.4 is 5.32 Å². The van der Waals surface area contributed by atoms with E-state index in [1.54, 1.807) is 0 Å². The SMILES string of the molecule is CN(CC(=O)Nc1c(F)cccc1F)S(=O)(=O)c1cccc([N+](=O)[O-])c1. The molecule has 0 aliphatic heterocycles. The summed E-state index contributed by atoms with van der Waals surface area (Å²) in [6, 6.07) is 7.26. The van der Waals surface area contributed by atoms with E-state index < -0.39 is 50.4 Å². The number of benzene rings is 2. The minimum Gasteiger partial charge on any atom is -0.320 e. The molecule has 11 heteroatoms. The Morgan fingerprint density at radius 3 is 2.35 bits per heavy atom. The van der Waals surface area contributed by atoms with Crippen LogP contribution in [-0.4, -0.2) is 37.1 Å². The van der Waals surface area contributed by atoms with E-state index in [0.717, 1.165) is 43.4 Å². The Balaban J connectivity index is 2.18. The monoisotopic (exact) mass is 385 g/mol. The number of nitro benzene ring substituents is 1. The maximum Gasteiger partial charge on any atom is 0.270 e. The number of amides is 1. The number of likely N-dealkylation sites (N-methyl/N-ethyl adjacent to an activating group) is 1. The zero-order chi connectivity index (χ0) is 19.5. The van der Waals surface area contributed by atoms with Crippen molar-refractivity contribution in [3.05, 3.63) is 64.2 Å². The molecule has 0 heterocycles. The first-order valence-electron chi connectivity index (χ1n) is 7.07. The molecule has 0 fully saturated rings. The van der Waals surface area contributed by atoms with E-state index in [2.05, 4.69) is 0 Å². The fourth-order valence-electron chi connectivity index (χ4n) is 2.02. The minimum atomic E-state index is -4.22. The molecule has 0 aliphatic rings. The Morgan fingerprint density at radius 1 is 1.19 bits per heavy atom. The largest absolute Gasteiger partial charge is 0.320 e. The van der Waals surface area contributed by atoms with Crippen LogP contribution in [0.2, 0.25) is 0 Å². The number of nitrogens with one attached hydrogen (secondary N) is 1. The molecule has 0 aliphatic carbocycles. The molecule has 26 heavy (non-hydrogen) atoms. The second-order valence-corrected chi connectivity index (χ2v) is 7.21. The highest BCUT2D eigenvalue weighted by Crippen LogP contribution is 2.21. The van der Waals surface area contributed by atoms with Crippen LogP contribution in [0.25, 0.3) is 0 Å². The van der Waals surface area contributed by atoms with Gasteiger partial charge in [0.1, 0.15) is 17.3 Å². The smallest absolute Gasteiger partial charge is 0.270 e. The summed E-state index contributed by atoms with van der Waals surface area (Å²) in [6.45, 7) is -0.751. The fourth-order valence-corrected chi connectivity index (χ4v) is 3.19. The van der Waals surface area contributed by atoms with Gasteiger partial charge in [-0.2, -0.15) is 4.31 Å². The van der Waals surface area contributed by atoms with E-state index in [1.807, 2.05) is 5.32 Å². The molecule has 1 N–H and O–H groups in total. The van der Waals surface area contributed by atoms with Crippen LogP contribution in [0.15, 0.2) is 47.4 Å². The summed E-state index contributed by atoms with van der Waals surface area (Å²) in [7, 11) is -3.16. The number of sulfonamides is 1. The number of nitrogens with zero attached hydrogens (tertiary/aromatic N) is 2. The lowest BCUT2D eigenvalue weighted by Crippen LogP contribution is -2.35. The molecule has 0 atom stereocenters. The molecule has 138 valence electrons. The zero-order valence-electron chi connectivity index (χ0n) is 13.3. The average molecular weight is 385 g/mol. The summed E-state index contributed by atoms with van der Waals surface area (Å²) in [5, 5.41) is 12.7. The average Bonchev–Trinajstić information content (AvgIpc) is 2.58. The van der Waals surface area contributed by atoms with E-state index in [-0.39, 0.29) is 4.90 Å². The Morgan fingerprint density at radius 2 is 1.77 bits per heavy atom. The summed E-state index contributed by atoms with van der Waals surface area (Å²) in [5.41, 5.74) is -1.13. The first kappa shape index (κ1) is 19.4. The Hall–Kier alpha value is -2.92. The van der Waals surface area contributed by atoms with Gasteiger partial charge in [0.25, 0.3) is 5.69 Å². The van der Waals surface area contributed by atoms with Gasteiger partial charge in [-0.25, -0.2) is 17.2 Å². The lowest BCUT2D eigenvalue weighted by molar-refractivity contribution is -0.385. The topological polar surface area (TPSA) is 110 Å². The fraction of sp³-hybridized carbons (Fsp3) is 0.133. The van der Waals surface area contributed by atoms with Gasteiger partial charge in [-0.15, -0.1) is 0 Å². The highest BCUT2D eigenvalue weighted by molar-refractivity contribution is 7.89. The van der Waals surface area contributed by atoms with Crippen LogP contribution >= 0.6 is 0 Å². The first-order chi connectivity index (χ1) is 12.1. The standard InChI is InChI=1S/C15H13F2N3O5S/c1-19(9-14(21)18-15-12(16)6-3-7-13(15)17)26(24,25)11-5-2-4-10(8-11)20(22)23/h2-8H,9H2,1H3,(H,18,21). The molecule has 0 unspecified atom stereocenters. The predicted molar refractivity (Wildman–Crippen MR) is 87.9 cm³/mol. The summed E-state index contributed by atoms with van der Waals surface area (Å²) in [5.74, 6) is -3.00. The van der Waals surface area contributed by atoms with Gasteiger partial charge in [0, 0.05) is 19.2 Å². The van der Waals surface area contributed by atoms with Crippen LogP contribution in [0.1, 0.15) is 0 Å². The molecule has 0 saturated carbocycles. The zero-order valence-corrected chi connectivity index (χ0v) is 14.2. The van der Waals surface area contributed by atoms with Crippen molar-refractivity contribution >= 4 is 27.3 Å². The van der Waals surface area contributed by atoms with Crippen LogP contribution in [0.4, 0.5) is 20.2 Å². The quantitative estimate of drug-likeness (QED) is 0.605. The van der Waals surface area contributed by atoms with E-state index in [4.69, 9.17) is 0 Å². The number of hydrogen-bond acceptors (Lipinski definition) is 5. The van der Waals surface area contributed by atoms with Crippen molar-refractivity contribution in [1.29, 1.82) is 0 Å². The van der Waals surface area contributed by atoms with Crippen molar-refractivity contribution in [3.63, 3.8) is 0 Å². The van der Waals surface area contributed by atoms with E-state index in [9.17, 15) is 32.1 Å². The Labute approximate surface area is 147 Å². The Bertz CT molecular complexity index is 945. The van der Waals surface area contributed by atoms with Crippen molar-refractivity contribution in [2.24, 2.45) is 0 Å². The molecule has 0 aromatic heterocycles. The molecule has 0 saturated heterocycles. The number of non-ortho nitro benzene ring substituents is 1. The van der Waals surface area contributed by atoms with Crippen LogP contribution in [0, 0.1) is 21.7 Å². The maximum atomic E-state index is 13.5. The van der Waals surface area contributed by atoms with Gasteiger partial charge in [-0.3, -0.25) is 14.9 Å². The first-order valence-corrected chi connectivity index (χ1v) is 8.51. The van der Waals surface area contributed by atoms with Crippen molar-refractivity contribution in [2.45, 2.75) is 4.90 Å². The minimum absolute atomic E-state index is 0.390. The summed E-state index contributed by atoms with van der Waals surface area (Å²) >= 11 is 0. The van der Waals surface area contributed by atoms with Crippen molar-refractivity contribution in [2.75, 3.05) is 18.9 Å². The van der Waals surface area contributed by atoms with Gasteiger partial charge in [0.15, 0.2) is 0 Å². The molecular formula is C15H13F2N3O5S. The van der Waals surface area contributed by atoms with E-state index >= 15 is 0 Å². The molecule has 0 radical (unpaired) electrons. The van der Waals surface area contributed by atoms with Crippen LogP contribution in [0.3, 0.4) is 0 Å². The third-order valence-corrected chi connectivity index (χ3v) is 5.13. The number of hydrogen-bond donors (Lipinski definition) is 1. The molecule has 0 bridgehead atoms. The lowest BCUT2D eigenvalue weighted by Gasteiger charge is -2.17. The van der Waals surface area contributed by atoms with Crippen molar-refractivity contribution in [1.82, 2.24) is 4.31 Å². The second-order valence-electron chi connectivity index (χ2n) is 5.16. The summed E-state index contributed by atoms with van der Waals surface area (Å²) in [4.78, 5) is 21.5. The van der Waals surface area contributed by atoms with Gasteiger partial charge < -0.3 is 5.32 Å². The van der Waals surface area contributed by atoms with Gasteiger partial charge in [-0.05, 0) is 18.2 Å². The molecule has 2 aromatic rings. The predicted octanol–water partition coefficient (Wildman–Crippen LogP) is 2.13. The molecule has 2 rings (SSSR count). The highest BCUT2D eigenvalue weighted by Gasteiger charge is 2.25. The number of halogens is 2.